The van der Waals surface area contributed by atoms with Gasteiger partial charge in [0.1, 0.15) is 0 Å². The molecule has 1 heterocycles. The van der Waals surface area contributed by atoms with Crippen LogP contribution in [0.3, 0.4) is 0 Å². The van der Waals surface area contributed by atoms with Crippen molar-refractivity contribution in [1.29, 1.82) is 5.26 Å². The minimum atomic E-state index is 0.997. The van der Waals surface area contributed by atoms with Gasteiger partial charge in [-0.3, -0.25) is 0 Å². The maximum Gasteiger partial charge on any atom is 0.0773 e. The van der Waals surface area contributed by atoms with Gasteiger partial charge in [-0.05, 0) is 31.6 Å². The van der Waals surface area contributed by atoms with Crippen LogP contribution < -0.4 is 4.90 Å². The van der Waals surface area contributed by atoms with Crippen LogP contribution in [0.1, 0.15) is 90.9 Å². The van der Waals surface area contributed by atoms with Crippen LogP contribution in [-0.4, -0.2) is 19.6 Å². The molecule has 0 radical (unpaired) electrons. The molecule has 0 aromatic carbocycles. The van der Waals surface area contributed by atoms with Crippen LogP contribution in [0.15, 0.2) is 0 Å². The number of quaternary nitrogens is 1. The Bertz CT molecular complexity index is 217. The Hall–Kier alpha value is -0.550. The first-order valence-corrected chi connectivity index (χ1v) is 9.39. The predicted octanol–water partition coefficient (Wildman–Crippen LogP) is 4.32. The third kappa shape index (κ3) is 12.9. The van der Waals surface area contributed by atoms with Gasteiger partial charge in [-0.1, -0.05) is 65.2 Å². The highest BCUT2D eigenvalue weighted by Crippen LogP contribution is 2.10. The Balaban J connectivity index is 0.00000191. The third-order valence-electron chi connectivity index (χ3n) is 4.87. The van der Waals surface area contributed by atoms with Gasteiger partial charge in [0.05, 0.1) is 19.6 Å². The van der Waals surface area contributed by atoms with Gasteiger partial charge in [0.2, 0.25) is 0 Å². The molecule has 1 saturated heterocycles. The van der Waals surface area contributed by atoms with E-state index >= 15 is 0 Å². The lowest BCUT2D eigenvalue weighted by Crippen LogP contribution is -3.13. The fraction of sp³-hybridized carbons (Fsp3) is 0.947. The summed E-state index contributed by atoms with van der Waals surface area (Å²) in [6.45, 7) is 13.8. The number of unbranched alkanes of at least 4 members (excludes halogenated alkanes) is 9. The molecule has 0 amide bonds. The summed E-state index contributed by atoms with van der Waals surface area (Å²) in [5, 5.41) is 6.25. The van der Waals surface area contributed by atoms with Crippen LogP contribution >= 0.6 is 0 Å². The first kappa shape index (κ1) is 20.5. The van der Waals surface area contributed by atoms with E-state index < -0.39 is 0 Å². The molecule has 0 saturated carbocycles. The predicted molar refractivity (Wildman–Crippen MR) is 90.8 cm³/mol. The zero-order valence-electron chi connectivity index (χ0n) is 14.6. The van der Waals surface area contributed by atoms with E-state index in [4.69, 9.17) is 11.8 Å². The van der Waals surface area contributed by atoms with Crippen LogP contribution in [0.4, 0.5) is 0 Å². The lowest BCUT2D eigenvalue weighted by atomic mass is 9.99. The average molecular weight is 295 g/mol. The number of rotatable bonds is 11. The number of likely N-dealkylation sites (tertiary alicyclic amines) is 1. The zero-order chi connectivity index (χ0) is 15.8. The van der Waals surface area contributed by atoms with Crippen molar-refractivity contribution >= 4 is 0 Å². The molecule has 0 aromatic rings. The van der Waals surface area contributed by atoms with Gasteiger partial charge < -0.3 is 16.7 Å². The number of nitrogens with one attached hydrogen (secondary N) is 1. The van der Waals surface area contributed by atoms with E-state index in [0.29, 0.717) is 0 Å². The number of nitrogens with zero attached hydrogens (tertiary/aromatic N) is 1. The Labute approximate surface area is 133 Å². The van der Waals surface area contributed by atoms with E-state index in [1.54, 1.807) is 0 Å². The van der Waals surface area contributed by atoms with E-state index in [9.17, 15) is 0 Å². The van der Waals surface area contributed by atoms with E-state index in [0.717, 1.165) is 5.92 Å². The monoisotopic (exact) mass is 294 g/mol. The summed E-state index contributed by atoms with van der Waals surface area (Å²) in [5.74, 6) is 0.997. The fourth-order valence-corrected chi connectivity index (χ4v) is 3.28. The van der Waals surface area contributed by atoms with Crippen LogP contribution in [0.25, 0.3) is 0 Å². The first-order valence-electron chi connectivity index (χ1n) is 9.39. The van der Waals surface area contributed by atoms with Gasteiger partial charge in [-0.15, -0.1) is 0 Å². The van der Waals surface area contributed by atoms with Crippen molar-refractivity contribution < 1.29 is 4.90 Å². The number of piperidine rings is 1. The van der Waals surface area contributed by atoms with Crippen molar-refractivity contribution in [3.8, 4) is 0 Å². The molecule has 0 unspecified atom stereocenters. The van der Waals surface area contributed by atoms with Crippen LogP contribution in [0.2, 0.25) is 0 Å². The average Bonchev–Trinajstić information content (AvgIpc) is 2.53. The van der Waals surface area contributed by atoms with Crippen molar-refractivity contribution in [2.75, 3.05) is 19.6 Å². The number of hydrogen-bond acceptors (Lipinski definition) is 1. The highest BCUT2D eigenvalue weighted by atomic mass is 15.1. The minimum Gasteiger partial charge on any atom is -0.512 e. The maximum absolute atomic E-state index is 6.25. The third-order valence-corrected chi connectivity index (χ3v) is 4.87. The second kappa shape index (κ2) is 15.8. The fourth-order valence-electron chi connectivity index (χ4n) is 3.28. The molecule has 124 valence electrons. The van der Waals surface area contributed by atoms with Crippen molar-refractivity contribution in [2.45, 2.75) is 90.9 Å². The molecule has 2 heteroatoms. The van der Waals surface area contributed by atoms with Crippen molar-refractivity contribution in [3.63, 3.8) is 0 Å². The number of hydrogen-bond donors (Lipinski definition) is 1. The molecule has 1 rings (SSSR count). The van der Waals surface area contributed by atoms with Crippen LogP contribution in [-0.2, 0) is 0 Å². The maximum atomic E-state index is 6.25. The molecule has 0 bridgehead atoms. The van der Waals surface area contributed by atoms with Gasteiger partial charge in [-0.2, -0.15) is 0 Å². The van der Waals surface area contributed by atoms with Crippen LogP contribution in [0.5, 0.6) is 0 Å². The molecule has 2 nitrogen and oxygen atoms in total. The zero-order valence-corrected chi connectivity index (χ0v) is 14.6. The molecule has 0 aromatic heterocycles. The SMILES string of the molecule is CCCCCCCCCCCC[NH+]1CCC(C)CC1.[C-]#N. The quantitative estimate of drug-likeness (QED) is 0.446. The molecule has 1 N–H and O–H groups in total. The molecule has 1 fully saturated rings. The van der Waals surface area contributed by atoms with Crippen LogP contribution in [0, 0.1) is 17.8 Å². The van der Waals surface area contributed by atoms with E-state index in [1.807, 2.05) is 4.90 Å². The highest BCUT2D eigenvalue weighted by molar-refractivity contribution is 4.56. The van der Waals surface area contributed by atoms with E-state index in [-0.39, 0.29) is 0 Å². The van der Waals surface area contributed by atoms with Crippen molar-refractivity contribution in [1.82, 2.24) is 0 Å². The summed E-state index contributed by atoms with van der Waals surface area (Å²) >= 11 is 0. The second-order valence-corrected chi connectivity index (χ2v) is 6.86. The summed E-state index contributed by atoms with van der Waals surface area (Å²) in [4.78, 5) is 1.89. The van der Waals surface area contributed by atoms with Gasteiger partial charge in [0, 0.05) is 0 Å². The molecule has 1 aliphatic heterocycles. The Morgan fingerprint density at radius 3 is 1.71 bits per heavy atom. The van der Waals surface area contributed by atoms with Gasteiger partial charge in [0.25, 0.3) is 0 Å². The molecule has 0 aliphatic carbocycles. The lowest BCUT2D eigenvalue weighted by Gasteiger charge is -2.27. The van der Waals surface area contributed by atoms with E-state index in [1.165, 1.54) is 96.7 Å². The molecular formula is C19H38N2. The summed E-state index contributed by atoms with van der Waals surface area (Å²) in [7, 11) is 0. The Morgan fingerprint density at radius 1 is 0.810 bits per heavy atom. The summed E-state index contributed by atoms with van der Waals surface area (Å²) in [5.41, 5.74) is 0. The smallest absolute Gasteiger partial charge is 0.0773 e. The largest absolute Gasteiger partial charge is 0.512 e. The normalized spacial score (nSPS) is 21.5. The molecule has 21 heavy (non-hydrogen) atoms. The first-order chi connectivity index (χ1) is 10.3. The molecular weight excluding hydrogens is 256 g/mol. The second-order valence-electron chi connectivity index (χ2n) is 6.86. The van der Waals surface area contributed by atoms with Gasteiger partial charge >= 0.3 is 0 Å². The summed E-state index contributed by atoms with van der Waals surface area (Å²) < 4.78 is 0. The summed E-state index contributed by atoms with van der Waals surface area (Å²) in [6, 6.07) is 0. The van der Waals surface area contributed by atoms with Crippen molar-refractivity contribution in [2.24, 2.45) is 5.92 Å². The van der Waals surface area contributed by atoms with Gasteiger partial charge in [0.15, 0.2) is 0 Å². The minimum absolute atomic E-state index is 0.997. The van der Waals surface area contributed by atoms with Crippen molar-refractivity contribution in [3.05, 3.63) is 6.57 Å². The molecule has 1 aliphatic rings. The molecule has 0 spiro atoms. The molecule has 0 atom stereocenters. The highest BCUT2D eigenvalue weighted by Gasteiger charge is 2.17. The lowest BCUT2D eigenvalue weighted by molar-refractivity contribution is -0.906. The van der Waals surface area contributed by atoms with Gasteiger partial charge in [-0.25, -0.2) is 0 Å². The van der Waals surface area contributed by atoms with E-state index in [2.05, 4.69) is 13.8 Å². The Morgan fingerprint density at radius 2 is 1.24 bits per heavy atom. The standard InChI is InChI=1S/C18H37N.CN/c1-3-4-5-6-7-8-9-10-11-12-15-19-16-13-18(2)14-17-19;1-2/h18H,3-17H2,1-2H3;/q;-1/p+1. The Kier molecular flexibility index (Phi) is 15.4. The topological polar surface area (TPSA) is 28.2 Å². The summed E-state index contributed by atoms with van der Waals surface area (Å²) in [6.07, 6.45) is 17.6.